The average molecular weight is 645 g/mol. The summed E-state index contributed by atoms with van der Waals surface area (Å²) in [4.78, 5) is 21.9. The Morgan fingerprint density at radius 3 is 2.79 bits per heavy atom. The summed E-state index contributed by atoms with van der Waals surface area (Å²) in [5.74, 6) is 0.521. The number of carbonyl (C=O) groups excluding carboxylic acids is 1. The summed E-state index contributed by atoms with van der Waals surface area (Å²) in [5, 5.41) is 16.7. The standard InChI is InChI=1S/C36H42F2N6O3/c1-23-9-10-28-26(19-40-44(28)30-8-4-5-15-46-30)31(23)32-24-11-12-35(2,3)17-27(24)41-33(25(32)18-39)42-14-13-36(20-42)21-43(22-36)29(45)7-6-16-47-34(37)38/h6-7,9-10,19,30,34H,4-5,8,11-17,20-22H2,1-3H3. The van der Waals surface area contributed by atoms with Crippen molar-refractivity contribution in [3.63, 3.8) is 0 Å². The first-order chi connectivity index (χ1) is 22.6. The maximum absolute atomic E-state index is 12.6. The Bertz CT molecular complexity index is 1760. The Labute approximate surface area is 274 Å². The molecule has 3 aliphatic heterocycles. The fourth-order valence-electron chi connectivity index (χ4n) is 8.07. The second kappa shape index (κ2) is 12.3. The van der Waals surface area contributed by atoms with Gasteiger partial charge in [-0.2, -0.15) is 19.1 Å². The third kappa shape index (κ3) is 5.91. The Balaban J connectivity index is 1.24. The number of ether oxygens (including phenoxy) is 2. The summed E-state index contributed by atoms with van der Waals surface area (Å²) in [6, 6.07) is 6.86. The largest absolute Gasteiger partial charge is 0.356 e. The number of hydrogen-bond acceptors (Lipinski definition) is 7. The molecule has 0 bridgehead atoms. The molecule has 0 saturated carbocycles. The fourth-order valence-corrected chi connectivity index (χ4v) is 8.07. The van der Waals surface area contributed by atoms with Crippen LogP contribution >= 0.6 is 0 Å². The van der Waals surface area contributed by atoms with Crippen LogP contribution in [0.5, 0.6) is 0 Å². The number of halogens is 2. The van der Waals surface area contributed by atoms with E-state index < -0.39 is 6.61 Å². The summed E-state index contributed by atoms with van der Waals surface area (Å²) in [6.07, 6.45) is 11.2. The van der Waals surface area contributed by atoms with Gasteiger partial charge in [0.25, 0.3) is 0 Å². The number of pyridine rings is 1. The normalized spacial score (nSPS) is 21.9. The number of anilines is 1. The molecule has 0 N–H and O–H groups in total. The van der Waals surface area contributed by atoms with Crippen LogP contribution in [0.1, 0.15) is 74.6 Å². The van der Waals surface area contributed by atoms with E-state index in [-0.39, 0.29) is 29.6 Å². The number of rotatable bonds is 7. The Hall–Kier alpha value is -3.88. The van der Waals surface area contributed by atoms with Crippen LogP contribution in [0.25, 0.3) is 22.0 Å². The maximum atomic E-state index is 12.6. The second-order valence-corrected chi connectivity index (χ2v) is 14.5. The van der Waals surface area contributed by atoms with Crippen LogP contribution in [0.3, 0.4) is 0 Å². The third-order valence-corrected chi connectivity index (χ3v) is 10.5. The predicted molar refractivity (Wildman–Crippen MR) is 174 cm³/mol. The van der Waals surface area contributed by atoms with Gasteiger partial charge in [-0.05, 0) is 80.0 Å². The van der Waals surface area contributed by atoms with E-state index in [2.05, 4.69) is 48.6 Å². The zero-order valence-electron chi connectivity index (χ0n) is 27.4. The Morgan fingerprint density at radius 1 is 1.21 bits per heavy atom. The summed E-state index contributed by atoms with van der Waals surface area (Å²) < 4.78 is 36.8. The number of benzene rings is 1. The van der Waals surface area contributed by atoms with Gasteiger partial charge in [-0.1, -0.05) is 26.0 Å². The molecular weight excluding hydrogens is 602 g/mol. The van der Waals surface area contributed by atoms with Crippen molar-refractivity contribution in [2.45, 2.75) is 78.6 Å². The van der Waals surface area contributed by atoms with Gasteiger partial charge in [-0.25, -0.2) is 9.67 Å². The van der Waals surface area contributed by atoms with Crippen molar-refractivity contribution < 1.29 is 23.0 Å². The van der Waals surface area contributed by atoms with Gasteiger partial charge in [0.1, 0.15) is 17.5 Å². The molecule has 7 rings (SSSR count). The zero-order valence-corrected chi connectivity index (χ0v) is 27.4. The Kier molecular flexibility index (Phi) is 8.29. The number of nitriles is 1. The lowest BCUT2D eigenvalue weighted by molar-refractivity contribution is -0.137. The van der Waals surface area contributed by atoms with Gasteiger partial charge in [0.05, 0.1) is 18.3 Å². The molecule has 1 aliphatic carbocycles. The Morgan fingerprint density at radius 2 is 2.04 bits per heavy atom. The minimum Gasteiger partial charge on any atom is -0.356 e. The molecule has 248 valence electrons. The number of carbonyl (C=O) groups is 1. The molecule has 0 radical (unpaired) electrons. The highest BCUT2D eigenvalue weighted by molar-refractivity contribution is 6.00. The van der Waals surface area contributed by atoms with Crippen LogP contribution in [0.15, 0.2) is 30.5 Å². The van der Waals surface area contributed by atoms with E-state index in [1.165, 1.54) is 17.7 Å². The van der Waals surface area contributed by atoms with Crippen molar-refractivity contribution in [1.29, 1.82) is 5.26 Å². The summed E-state index contributed by atoms with van der Waals surface area (Å²) in [5.41, 5.74) is 6.98. The van der Waals surface area contributed by atoms with Crippen molar-refractivity contribution in [2.24, 2.45) is 10.8 Å². The lowest BCUT2D eigenvalue weighted by atomic mass is 9.73. The average Bonchev–Trinajstić information content (AvgIpc) is 3.67. The monoisotopic (exact) mass is 644 g/mol. The molecule has 4 aliphatic rings. The SMILES string of the molecule is Cc1ccc2c(cnn2C2CCCCO2)c1-c1c(C#N)c(N2CCC3(CN(C(=O)C=CCOC(F)F)C3)C2)nc2c1CCC(C)(C)C2. The topological polar surface area (TPSA) is 96.5 Å². The van der Waals surface area contributed by atoms with Gasteiger partial charge in [0, 0.05) is 60.9 Å². The molecule has 3 saturated heterocycles. The molecule has 1 unspecified atom stereocenters. The van der Waals surface area contributed by atoms with Crippen LogP contribution in [0, 0.1) is 29.1 Å². The van der Waals surface area contributed by atoms with E-state index >= 15 is 0 Å². The molecule has 5 heterocycles. The minimum absolute atomic E-state index is 0.0915. The van der Waals surface area contributed by atoms with E-state index in [1.54, 1.807) is 4.90 Å². The van der Waals surface area contributed by atoms with Crippen LogP contribution < -0.4 is 4.90 Å². The third-order valence-electron chi connectivity index (χ3n) is 10.5. The molecule has 1 spiro atoms. The van der Waals surface area contributed by atoms with Gasteiger partial charge < -0.3 is 19.3 Å². The molecule has 2 aromatic heterocycles. The highest BCUT2D eigenvalue weighted by Crippen LogP contribution is 2.48. The van der Waals surface area contributed by atoms with Crippen LogP contribution in [0.2, 0.25) is 0 Å². The number of aromatic nitrogens is 3. The number of fused-ring (bicyclic) bond motifs is 2. The molecule has 47 heavy (non-hydrogen) atoms. The first-order valence-electron chi connectivity index (χ1n) is 16.7. The summed E-state index contributed by atoms with van der Waals surface area (Å²) >= 11 is 0. The van der Waals surface area contributed by atoms with Gasteiger partial charge >= 0.3 is 6.61 Å². The number of nitrogens with zero attached hydrogens (tertiary/aromatic N) is 6. The number of aryl methyl sites for hydroxylation is 1. The number of alkyl halides is 2. The quantitative estimate of drug-likeness (QED) is 0.278. The van der Waals surface area contributed by atoms with Crippen molar-refractivity contribution in [1.82, 2.24) is 19.7 Å². The summed E-state index contributed by atoms with van der Waals surface area (Å²) in [7, 11) is 0. The zero-order chi connectivity index (χ0) is 32.9. The fraction of sp³-hybridized carbons (Fsp3) is 0.556. The molecule has 9 nitrogen and oxygen atoms in total. The lowest BCUT2D eigenvalue weighted by Gasteiger charge is -2.47. The highest BCUT2D eigenvalue weighted by Gasteiger charge is 2.50. The molecule has 3 fully saturated rings. The summed E-state index contributed by atoms with van der Waals surface area (Å²) in [6.45, 7) is 6.84. The highest BCUT2D eigenvalue weighted by atomic mass is 19.3. The first-order valence-corrected chi connectivity index (χ1v) is 16.7. The van der Waals surface area contributed by atoms with Crippen LogP contribution in [-0.4, -0.2) is 71.6 Å². The second-order valence-electron chi connectivity index (χ2n) is 14.5. The molecular formula is C36H42F2N6O3. The number of likely N-dealkylation sites (tertiary alicyclic amines) is 1. The van der Waals surface area contributed by atoms with Crippen molar-refractivity contribution >= 4 is 22.6 Å². The van der Waals surface area contributed by atoms with Gasteiger partial charge in [0.15, 0.2) is 6.23 Å². The number of amides is 1. The van der Waals surface area contributed by atoms with Gasteiger partial charge in [-0.15, -0.1) is 0 Å². The van der Waals surface area contributed by atoms with Gasteiger partial charge in [-0.3, -0.25) is 4.79 Å². The van der Waals surface area contributed by atoms with E-state index in [0.29, 0.717) is 25.2 Å². The lowest BCUT2D eigenvalue weighted by Crippen LogP contribution is -2.59. The van der Waals surface area contributed by atoms with Crippen molar-refractivity contribution in [3.8, 4) is 17.2 Å². The predicted octanol–water partition coefficient (Wildman–Crippen LogP) is 6.33. The van der Waals surface area contributed by atoms with Gasteiger partial charge in [0.2, 0.25) is 5.91 Å². The maximum Gasteiger partial charge on any atom is 0.345 e. The molecule has 1 aromatic carbocycles. The van der Waals surface area contributed by atoms with Crippen LogP contribution in [0.4, 0.5) is 14.6 Å². The van der Waals surface area contributed by atoms with Crippen molar-refractivity contribution in [2.75, 3.05) is 44.3 Å². The van der Waals surface area contributed by atoms with E-state index in [4.69, 9.17) is 14.8 Å². The van der Waals surface area contributed by atoms with Crippen LogP contribution in [-0.2, 0) is 27.1 Å². The van der Waals surface area contributed by atoms with E-state index in [1.807, 2.05) is 10.9 Å². The van der Waals surface area contributed by atoms with E-state index in [9.17, 15) is 18.8 Å². The molecule has 1 atom stereocenters. The van der Waals surface area contributed by atoms with Crippen molar-refractivity contribution in [3.05, 3.63) is 52.9 Å². The number of hydrogen-bond donors (Lipinski definition) is 0. The van der Waals surface area contributed by atoms with E-state index in [0.717, 1.165) is 97.2 Å². The minimum atomic E-state index is -2.86. The molecule has 1 amide bonds. The first kappa shape index (κ1) is 31.7. The molecule has 3 aromatic rings. The smallest absolute Gasteiger partial charge is 0.345 e. The molecule has 11 heteroatoms.